The zero-order valence-corrected chi connectivity index (χ0v) is 25.9. The molecule has 0 radical (unpaired) electrons. The number of methoxy groups -OCH3 is 1. The monoisotopic (exact) mass is 646 g/mol. The van der Waals surface area contributed by atoms with Crippen LogP contribution in [-0.2, 0) is 0 Å². The molecule has 3 N–H and O–H groups in total. The van der Waals surface area contributed by atoms with Crippen molar-refractivity contribution < 1.29 is 27.0 Å². The predicted molar refractivity (Wildman–Crippen MR) is 172 cm³/mol. The van der Waals surface area contributed by atoms with Crippen molar-refractivity contribution >= 4 is 33.2 Å². The first kappa shape index (κ1) is 30.0. The largest absolute Gasteiger partial charge is 0.493 e. The molecule has 4 fully saturated rings. The normalized spacial score (nSPS) is 25.4. The van der Waals surface area contributed by atoms with E-state index in [1.165, 1.54) is 25.3 Å². The van der Waals surface area contributed by atoms with Crippen LogP contribution in [0.15, 0.2) is 24.3 Å². The molecule has 4 aromatic rings. The minimum absolute atomic E-state index is 0.0362. The number of anilines is 2. The first-order valence-corrected chi connectivity index (χ1v) is 16.0. The minimum atomic E-state index is -1.02. The van der Waals surface area contributed by atoms with Crippen molar-refractivity contribution in [1.82, 2.24) is 20.2 Å². The fourth-order valence-corrected chi connectivity index (χ4v) is 8.38. The molecule has 4 aliphatic rings. The molecule has 5 heterocycles. The highest BCUT2D eigenvalue weighted by atomic mass is 19.1. The summed E-state index contributed by atoms with van der Waals surface area (Å²) in [5.41, 5.74) is 4.97. The quantitative estimate of drug-likeness (QED) is 0.165. The summed E-state index contributed by atoms with van der Waals surface area (Å²) in [6.45, 7) is 2.37. The second-order valence-electron chi connectivity index (χ2n) is 13.2. The number of piperazine rings is 1. The number of nitrogens with two attached hydrogens (primary N) is 1. The number of nitrogens with one attached hydrogen (secondary N) is 1. The van der Waals surface area contributed by atoms with Gasteiger partial charge in [-0.25, -0.2) is 17.6 Å². The highest BCUT2D eigenvalue weighted by molar-refractivity contribution is 6.06. The zero-order chi connectivity index (χ0) is 32.6. The van der Waals surface area contributed by atoms with Crippen molar-refractivity contribution in [3.05, 3.63) is 47.3 Å². The lowest BCUT2D eigenvalue weighted by Crippen LogP contribution is -2.51. The third kappa shape index (κ3) is 4.73. The van der Waals surface area contributed by atoms with Crippen molar-refractivity contribution in [2.45, 2.75) is 55.9 Å². The molecule has 0 aliphatic carbocycles. The Kier molecular flexibility index (Phi) is 7.11. The van der Waals surface area contributed by atoms with Gasteiger partial charge in [-0.2, -0.15) is 9.97 Å². The van der Waals surface area contributed by atoms with Crippen LogP contribution in [0.3, 0.4) is 0 Å². The maximum absolute atomic E-state index is 17.1. The van der Waals surface area contributed by atoms with Crippen LogP contribution in [0.1, 0.15) is 37.7 Å². The van der Waals surface area contributed by atoms with E-state index in [0.29, 0.717) is 31.4 Å². The Bertz CT molecular complexity index is 1970. The number of alkyl halides is 1. The van der Waals surface area contributed by atoms with Gasteiger partial charge in [0.15, 0.2) is 17.4 Å². The van der Waals surface area contributed by atoms with E-state index in [4.69, 9.17) is 26.6 Å². The Balaban J connectivity index is 1.35. The number of hydrogen-bond donors (Lipinski definition) is 2. The summed E-state index contributed by atoms with van der Waals surface area (Å²) < 4.78 is 75.3. The van der Waals surface area contributed by atoms with E-state index in [2.05, 4.69) is 21.1 Å². The summed E-state index contributed by atoms with van der Waals surface area (Å²) in [6, 6.07) is 5.85. The number of terminal acetylenes is 1. The van der Waals surface area contributed by atoms with Crippen LogP contribution in [0.2, 0.25) is 0 Å². The number of hydrogen-bond acceptors (Lipinski definition) is 8. The fourth-order valence-electron chi connectivity index (χ4n) is 8.38. The maximum atomic E-state index is 17.1. The first-order chi connectivity index (χ1) is 22.7. The molecule has 0 saturated carbocycles. The molecule has 12 heteroatoms. The third-order valence-electron chi connectivity index (χ3n) is 10.4. The number of ether oxygens (including phenoxy) is 2. The molecule has 244 valence electrons. The topological polar surface area (TPSA) is 88.8 Å². The predicted octanol–water partition coefficient (Wildman–Crippen LogP) is 5.34. The van der Waals surface area contributed by atoms with Crippen LogP contribution < -0.4 is 25.4 Å². The number of benzene rings is 3. The lowest BCUT2D eigenvalue weighted by atomic mass is 9.92. The maximum Gasteiger partial charge on any atom is 0.319 e. The summed E-state index contributed by atoms with van der Waals surface area (Å²) >= 11 is 0. The fraction of sp³-hybridized carbons (Fsp3) is 0.429. The van der Waals surface area contributed by atoms with E-state index >= 15 is 8.78 Å². The van der Waals surface area contributed by atoms with Gasteiger partial charge in [-0.1, -0.05) is 12.0 Å². The Morgan fingerprint density at radius 3 is 2.62 bits per heavy atom. The third-order valence-corrected chi connectivity index (χ3v) is 10.4. The van der Waals surface area contributed by atoms with Gasteiger partial charge in [0.2, 0.25) is 0 Å². The zero-order valence-electron chi connectivity index (χ0n) is 25.9. The van der Waals surface area contributed by atoms with Crippen molar-refractivity contribution in [1.29, 1.82) is 0 Å². The van der Waals surface area contributed by atoms with Gasteiger partial charge in [-0.3, -0.25) is 4.90 Å². The second kappa shape index (κ2) is 11.1. The highest BCUT2D eigenvalue weighted by Gasteiger charge is 2.49. The average Bonchev–Trinajstić information content (AvgIpc) is 3.70. The van der Waals surface area contributed by atoms with Crippen LogP contribution in [0.25, 0.3) is 32.8 Å². The van der Waals surface area contributed by atoms with Crippen LogP contribution >= 0.6 is 0 Å². The number of nitrogen functional groups attached to an aromatic ring is 1. The lowest BCUT2D eigenvalue weighted by Gasteiger charge is -2.35. The van der Waals surface area contributed by atoms with Gasteiger partial charge in [0.1, 0.15) is 29.9 Å². The van der Waals surface area contributed by atoms with Crippen LogP contribution in [0.5, 0.6) is 11.8 Å². The Labute approximate surface area is 269 Å². The van der Waals surface area contributed by atoms with Gasteiger partial charge < -0.3 is 25.4 Å². The lowest BCUT2D eigenvalue weighted by molar-refractivity contribution is 0.107. The molecule has 2 bridgehead atoms. The first-order valence-electron chi connectivity index (χ1n) is 16.0. The molecule has 0 spiro atoms. The van der Waals surface area contributed by atoms with Crippen molar-refractivity contribution in [2.24, 2.45) is 0 Å². The van der Waals surface area contributed by atoms with Gasteiger partial charge in [-0.15, -0.1) is 6.42 Å². The summed E-state index contributed by atoms with van der Waals surface area (Å²) in [5.74, 6) is -0.403. The summed E-state index contributed by atoms with van der Waals surface area (Å²) in [5, 5.41) is 4.17. The Morgan fingerprint density at radius 2 is 1.87 bits per heavy atom. The van der Waals surface area contributed by atoms with Gasteiger partial charge in [0.25, 0.3) is 0 Å². The second-order valence-corrected chi connectivity index (χ2v) is 13.2. The van der Waals surface area contributed by atoms with E-state index in [-0.39, 0.29) is 69.4 Å². The van der Waals surface area contributed by atoms with E-state index in [1.54, 1.807) is 6.07 Å². The summed E-state index contributed by atoms with van der Waals surface area (Å²) in [4.78, 5) is 13.4. The molecule has 0 amide bonds. The smallest absolute Gasteiger partial charge is 0.319 e. The molecule has 8 rings (SSSR count). The summed E-state index contributed by atoms with van der Waals surface area (Å²) in [7, 11) is 1.29. The van der Waals surface area contributed by atoms with E-state index < -0.39 is 34.7 Å². The molecule has 4 atom stereocenters. The molecule has 1 aromatic heterocycles. The summed E-state index contributed by atoms with van der Waals surface area (Å²) in [6.07, 6.45) is 8.70. The molecular weight excluding hydrogens is 612 g/mol. The van der Waals surface area contributed by atoms with Crippen LogP contribution in [0, 0.1) is 29.8 Å². The molecule has 4 saturated heterocycles. The highest BCUT2D eigenvalue weighted by Crippen LogP contribution is 2.47. The van der Waals surface area contributed by atoms with Crippen molar-refractivity contribution in [3.8, 4) is 35.2 Å². The minimum Gasteiger partial charge on any atom is -0.493 e. The van der Waals surface area contributed by atoms with E-state index in [1.807, 2.05) is 4.90 Å². The van der Waals surface area contributed by atoms with Gasteiger partial charge in [0, 0.05) is 49.2 Å². The Hall–Kier alpha value is -4.34. The van der Waals surface area contributed by atoms with Crippen molar-refractivity contribution in [2.75, 3.05) is 50.5 Å². The molecule has 4 aliphatic heterocycles. The van der Waals surface area contributed by atoms with Crippen LogP contribution in [0.4, 0.5) is 29.1 Å². The molecule has 47 heavy (non-hydrogen) atoms. The van der Waals surface area contributed by atoms with E-state index in [9.17, 15) is 8.78 Å². The molecular formula is C35H34F4N6O2. The van der Waals surface area contributed by atoms with Gasteiger partial charge in [-0.05, 0) is 61.4 Å². The number of halogens is 4. The van der Waals surface area contributed by atoms with Crippen molar-refractivity contribution in [3.63, 3.8) is 0 Å². The van der Waals surface area contributed by atoms with Crippen LogP contribution in [-0.4, -0.2) is 78.6 Å². The SMILES string of the molecule is C#Cc1c(F)ccc2cc(N)cc(-c3c(F)c(OC)c4c(N5CC6CCC(C5)N6)nc(OC[C@@]56CCCN5C[C@H](F)C6)nc4c3F)c12. The van der Waals surface area contributed by atoms with Gasteiger partial charge >= 0.3 is 6.01 Å². The average molecular weight is 647 g/mol. The molecule has 8 nitrogen and oxygen atoms in total. The number of rotatable bonds is 6. The van der Waals surface area contributed by atoms with E-state index in [0.717, 1.165) is 32.2 Å². The molecule has 3 aromatic carbocycles. The number of nitrogens with zero attached hydrogens (tertiary/aromatic N) is 4. The number of aromatic nitrogens is 2. The Morgan fingerprint density at radius 1 is 1.09 bits per heavy atom. The number of fused-ring (bicyclic) bond motifs is 5. The molecule has 2 unspecified atom stereocenters. The standard InChI is InChI=1S/C35H34F4N6O2/c1-3-23-25(37)8-5-18-11-20(40)12-24(26(18)23)27-29(38)31-28(32(46-2)30(27)39)33(44-15-21-6-7-22(16-44)41-21)43-34(42-31)47-17-35-9-4-10-45(35)14-19(36)13-35/h1,5,8,11-12,19,21-22,41H,4,6-7,9-10,13-17,40H2,2H3/t19-,21?,22?,35+/m1/s1. The van der Waals surface area contributed by atoms with Gasteiger partial charge in [0.05, 0.1) is 29.2 Å².